The number of Topliss-reactive ketones (excluding diaryl/α,β-unsaturated/α-hetero) is 1. The largest absolute Gasteiger partial charge is 0.507 e. The number of carbonyl (C=O) groups is 2. The molecule has 3 aromatic rings. The van der Waals surface area contributed by atoms with Gasteiger partial charge in [-0.15, -0.1) is 0 Å². The quantitative estimate of drug-likeness (QED) is 0.332. The predicted octanol–water partition coefficient (Wildman–Crippen LogP) is 4.75. The average Bonchev–Trinajstić information content (AvgIpc) is 3.09. The maximum Gasteiger partial charge on any atom is 0.300 e. The highest BCUT2D eigenvalue weighted by Crippen LogP contribution is 2.44. The molecule has 0 aromatic heterocycles. The zero-order chi connectivity index (χ0) is 24.6. The number of hydrogen-bond donors (Lipinski definition) is 1. The first-order valence-electron chi connectivity index (χ1n) is 10.0. The summed E-state index contributed by atoms with van der Waals surface area (Å²) >= 11 is 0. The van der Waals surface area contributed by atoms with E-state index in [0.717, 1.165) is 29.2 Å². The van der Waals surface area contributed by atoms with Crippen molar-refractivity contribution in [3.8, 4) is 11.5 Å². The minimum atomic E-state index is -1.33. The number of aliphatic hydroxyl groups is 1. The van der Waals surface area contributed by atoms with Gasteiger partial charge in [-0.1, -0.05) is 12.1 Å². The minimum Gasteiger partial charge on any atom is -0.507 e. The van der Waals surface area contributed by atoms with Crippen LogP contribution in [-0.2, 0) is 9.59 Å². The molecule has 6 nitrogen and oxygen atoms in total. The van der Waals surface area contributed by atoms with Crippen molar-refractivity contribution in [2.45, 2.75) is 6.04 Å². The number of ketones is 1. The van der Waals surface area contributed by atoms with Gasteiger partial charge in [-0.3, -0.25) is 14.5 Å². The van der Waals surface area contributed by atoms with Crippen LogP contribution in [0.5, 0.6) is 11.5 Å². The molecule has 3 aromatic carbocycles. The molecule has 1 fully saturated rings. The summed E-state index contributed by atoms with van der Waals surface area (Å²) in [4.78, 5) is 27.0. The molecule has 1 aliphatic heterocycles. The molecule has 1 N–H and O–H groups in total. The van der Waals surface area contributed by atoms with Crippen molar-refractivity contribution < 1.29 is 37.3 Å². The second-order valence-corrected chi connectivity index (χ2v) is 7.38. The van der Waals surface area contributed by atoms with Crippen molar-refractivity contribution in [2.24, 2.45) is 0 Å². The Bertz CT molecular complexity index is 1320. The van der Waals surface area contributed by atoms with Gasteiger partial charge in [0.1, 0.15) is 34.7 Å². The van der Waals surface area contributed by atoms with Crippen LogP contribution in [0.2, 0.25) is 0 Å². The summed E-state index contributed by atoms with van der Waals surface area (Å²) in [6.07, 6.45) is 0. The van der Waals surface area contributed by atoms with Crippen LogP contribution in [0.3, 0.4) is 0 Å². The minimum absolute atomic E-state index is 0.0768. The van der Waals surface area contributed by atoms with E-state index in [4.69, 9.17) is 9.47 Å². The van der Waals surface area contributed by atoms with Crippen LogP contribution in [0.4, 0.5) is 18.9 Å². The van der Waals surface area contributed by atoms with Crippen LogP contribution in [0.1, 0.15) is 17.2 Å². The first-order chi connectivity index (χ1) is 16.3. The van der Waals surface area contributed by atoms with Crippen LogP contribution >= 0.6 is 0 Å². The fraction of sp³-hybridized carbons (Fsp3) is 0.120. The van der Waals surface area contributed by atoms with Gasteiger partial charge in [0, 0.05) is 12.1 Å². The SMILES string of the molecule is COc1ccc(/C(O)=C2/C(=O)C(=O)N(c3ccc(F)cc3F)C2c2ccc(F)cc2)c(OC)c1. The lowest BCUT2D eigenvalue weighted by atomic mass is 9.94. The summed E-state index contributed by atoms with van der Waals surface area (Å²) in [5.74, 6) is -4.81. The van der Waals surface area contributed by atoms with Gasteiger partial charge in [-0.05, 0) is 42.0 Å². The molecular weight excluding hydrogens is 451 g/mol. The van der Waals surface area contributed by atoms with Crippen LogP contribution < -0.4 is 14.4 Å². The number of anilines is 1. The average molecular weight is 469 g/mol. The van der Waals surface area contributed by atoms with Crippen LogP contribution in [0.25, 0.3) is 5.76 Å². The van der Waals surface area contributed by atoms with Crippen LogP contribution in [-0.4, -0.2) is 31.0 Å². The van der Waals surface area contributed by atoms with Gasteiger partial charge in [0.05, 0.1) is 37.1 Å². The predicted molar refractivity (Wildman–Crippen MR) is 117 cm³/mol. The van der Waals surface area contributed by atoms with E-state index in [1.54, 1.807) is 0 Å². The van der Waals surface area contributed by atoms with E-state index in [-0.39, 0.29) is 28.1 Å². The molecule has 0 saturated carbocycles. The van der Waals surface area contributed by atoms with Crippen LogP contribution in [0.15, 0.2) is 66.2 Å². The van der Waals surface area contributed by atoms with E-state index in [2.05, 4.69) is 0 Å². The Labute approximate surface area is 192 Å². The normalized spacial score (nSPS) is 17.2. The summed E-state index contributed by atoms with van der Waals surface area (Å²) in [5, 5.41) is 11.2. The molecule has 0 aliphatic carbocycles. The molecule has 0 radical (unpaired) electrons. The van der Waals surface area contributed by atoms with E-state index in [0.29, 0.717) is 11.8 Å². The van der Waals surface area contributed by atoms with E-state index in [9.17, 15) is 27.9 Å². The molecule has 1 heterocycles. The maximum atomic E-state index is 14.7. The van der Waals surface area contributed by atoms with Gasteiger partial charge in [0.2, 0.25) is 0 Å². The maximum absolute atomic E-state index is 14.7. The zero-order valence-corrected chi connectivity index (χ0v) is 18.0. The van der Waals surface area contributed by atoms with Crippen molar-refractivity contribution in [1.29, 1.82) is 0 Å². The van der Waals surface area contributed by atoms with Gasteiger partial charge in [-0.25, -0.2) is 13.2 Å². The number of nitrogens with zero attached hydrogens (tertiary/aromatic N) is 1. The molecule has 0 bridgehead atoms. The Morgan fingerprint density at radius 2 is 1.56 bits per heavy atom. The number of benzene rings is 3. The lowest BCUT2D eigenvalue weighted by molar-refractivity contribution is -0.132. The number of amides is 1. The molecule has 1 aliphatic rings. The van der Waals surface area contributed by atoms with E-state index >= 15 is 0 Å². The summed E-state index contributed by atoms with van der Waals surface area (Å²) in [6, 6.07) is 10.4. The Hall–Kier alpha value is -4.27. The first kappa shape index (κ1) is 22.9. The topological polar surface area (TPSA) is 76.1 Å². The summed E-state index contributed by atoms with van der Waals surface area (Å²) in [5.41, 5.74) is -0.450. The smallest absolute Gasteiger partial charge is 0.300 e. The molecule has 1 unspecified atom stereocenters. The van der Waals surface area contributed by atoms with E-state index in [1.165, 1.54) is 44.6 Å². The first-order valence-corrected chi connectivity index (χ1v) is 10.0. The highest BCUT2D eigenvalue weighted by Gasteiger charge is 2.48. The molecule has 174 valence electrons. The molecular formula is C25H18F3NO5. The Morgan fingerprint density at radius 3 is 2.18 bits per heavy atom. The summed E-state index contributed by atoms with van der Waals surface area (Å²) in [6.45, 7) is 0. The number of rotatable bonds is 5. The second-order valence-electron chi connectivity index (χ2n) is 7.38. The van der Waals surface area contributed by atoms with E-state index in [1.807, 2.05) is 0 Å². The highest BCUT2D eigenvalue weighted by atomic mass is 19.1. The van der Waals surface area contributed by atoms with Gasteiger partial charge in [0.15, 0.2) is 0 Å². The number of carbonyl (C=O) groups excluding carboxylic acids is 2. The summed E-state index contributed by atoms with van der Waals surface area (Å²) < 4.78 is 52.3. The molecule has 34 heavy (non-hydrogen) atoms. The molecule has 0 spiro atoms. The van der Waals surface area contributed by atoms with Gasteiger partial charge in [-0.2, -0.15) is 0 Å². The standard InChI is InChI=1S/C25H18F3NO5/c1-33-16-8-9-17(20(12-16)34-2)23(30)21-22(13-3-5-14(26)6-4-13)29(25(32)24(21)31)19-10-7-15(27)11-18(19)28/h3-12,22,30H,1-2H3/b23-21-. The highest BCUT2D eigenvalue weighted by molar-refractivity contribution is 6.51. The Balaban J connectivity index is 1.98. The van der Waals surface area contributed by atoms with Crippen molar-refractivity contribution in [3.05, 3.63) is 94.8 Å². The number of hydrogen-bond acceptors (Lipinski definition) is 5. The van der Waals surface area contributed by atoms with Gasteiger partial charge >= 0.3 is 0 Å². The molecule has 1 amide bonds. The molecule has 1 atom stereocenters. The third kappa shape index (κ3) is 3.85. The van der Waals surface area contributed by atoms with Crippen molar-refractivity contribution in [3.63, 3.8) is 0 Å². The molecule has 4 rings (SSSR count). The molecule has 1 saturated heterocycles. The lowest BCUT2D eigenvalue weighted by Crippen LogP contribution is -2.30. The monoisotopic (exact) mass is 469 g/mol. The number of halogens is 3. The van der Waals surface area contributed by atoms with E-state index < -0.39 is 40.9 Å². The third-order valence-corrected chi connectivity index (χ3v) is 5.46. The van der Waals surface area contributed by atoms with Crippen molar-refractivity contribution in [1.82, 2.24) is 0 Å². The van der Waals surface area contributed by atoms with Gasteiger partial charge in [0.25, 0.3) is 11.7 Å². The van der Waals surface area contributed by atoms with Gasteiger partial charge < -0.3 is 14.6 Å². The lowest BCUT2D eigenvalue weighted by Gasteiger charge is -2.26. The Morgan fingerprint density at radius 1 is 0.882 bits per heavy atom. The molecule has 9 heteroatoms. The second kappa shape index (κ2) is 8.93. The summed E-state index contributed by atoms with van der Waals surface area (Å²) in [7, 11) is 2.78. The Kier molecular flexibility index (Phi) is 6.02. The van der Waals surface area contributed by atoms with Crippen molar-refractivity contribution >= 4 is 23.1 Å². The number of methoxy groups -OCH3 is 2. The fourth-order valence-corrected chi connectivity index (χ4v) is 3.86. The third-order valence-electron chi connectivity index (χ3n) is 5.46. The van der Waals surface area contributed by atoms with Crippen LogP contribution in [0, 0.1) is 17.5 Å². The fourth-order valence-electron chi connectivity index (χ4n) is 3.86. The van der Waals surface area contributed by atoms with Crippen molar-refractivity contribution in [2.75, 3.05) is 19.1 Å². The number of ether oxygens (including phenoxy) is 2. The zero-order valence-electron chi connectivity index (χ0n) is 18.0. The number of aliphatic hydroxyl groups excluding tert-OH is 1.